The molecule has 1 rings (SSSR count). The van der Waals surface area contributed by atoms with Gasteiger partial charge >= 0.3 is 0 Å². The lowest BCUT2D eigenvalue weighted by atomic mass is 9.98. The molecule has 96 valence electrons. The van der Waals surface area contributed by atoms with Crippen LogP contribution in [0.25, 0.3) is 0 Å². The van der Waals surface area contributed by atoms with Crippen molar-refractivity contribution in [1.82, 2.24) is 0 Å². The molecule has 1 aromatic carbocycles. The molecule has 2 nitrogen and oxygen atoms in total. The predicted molar refractivity (Wildman–Crippen MR) is 73.4 cm³/mol. The SMILES string of the molecule is CC(C)(O)C(c1ccccc1)S(=O)C(C)(C)C. The molecule has 0 bridgehead atoms. The van der Waals surface area contributed by atoms with Crippen LogP contribution in [-0.2, 0) is 10.8 Å². The number of rotatable bonds is 3. The van der Waals surface area contributed by atoms with Crippen molar-refractivity contribution in [2.24, 2.45) is 0 Å². The molecule has 0 saturated heterocycles. The van der Waals surface area contributed by atoms with Gasteiger partial charge in [0.15, 0.2) is 0 Å². The molecule has 0 radical (unpaired) electrons. The van der Waals surface area contributed by atoms with Gasteiger partial charge in [-0.2, -0.15) is 0 Å². The van der Waals surface area contributed by atoms with Gasteiger partial charge in [-0.3, -0.25) is 4.21 Å². The lowest BCUT2D eigenvalue weighted by Crippen LogP contribution is -2.38. The molecule has 1 N–H and O–H groups in total. The van der Waals surface area contributed by atoms with E-state index < -0.39 is 16.4 Å². The standard InChI is InChI=1S/C14H22O2S/c1-13(2,3)17(16)12(14(4,5)15)11-9-7-6-8-10-11/h6-10,12,15H,1-5H3. The van der Waals surface area contributed by atoms with Crippen molar-refractivity contribution in [3.63, 3.8) is 0 Å². The Kier molecular flexibility index (Phi) is 4.15. The lowest BCUT2D eigenvalue weighted by Gasteiger charge is -2.34. The smallest absolute Gasteiger partial charge is 0.0884 e. The zero-order valence-corrected chi connectivity index (χ0v) is 12.0. The lowest BCUT2D eigenvalue weighted by molar-refractivity contribution is 0.0756. The molecule has 0 fully saturated rings. The third kappa shape index (κ3) is 3.65. The maximum absolute atomic E-state index is 12.6. The van der Waals surface area contributed by atoms with Crippen LogP contribution in [0, 0.1) is 0 Å². The largest absolute Gasteiger partial charge is 0.389 e. The molecule has 2 unspecified atom stereocenters. The molecule has 0 saturated carbocycles. The Bertz CT molecular complexity index is 385. The molecule has 0 aliphatic heterocycles. The van der Waals surface area contributed by atoms with Crippen molar-refractivity contribution in [3.8, 4) is 0 Å². The fourth-order valence-corrected chi connectivity index (χ4v) is 3.41. The highest BCUT2D eigenvalue weighted by molar-refractivity contribution is 7.86. The second-order valence-corrected chi connectivity index (χ2v) is 8.15. The molecular formula is C14H22O2S. The predicted octanol–water partition coefficient (Wildman–Crippen LogP) is 3.05. The van der Waals surface area contributed by atoms with Gasteiger partial charge in [0.25, 0.3) is 0 Å². The van der Waals surface area contributed by atoms with Crippen LogP contribution in [0.1, 0.15) is 45.4 Å². The van der Waals surface area contributed by atoms with E-state index in [1.165, 1.54) is 0 Å². The minimum absolute atomic E-state index is 0.347. The number of benzene rings is 1. The van der Waals surface area contributed by atoms with E-state index in [9.17, 15) is 9.32 Å². The van der Waals surface area contributed by atoms with Gasteiger partial charge in [0.2, 0.25) is 0 Å². The van der Waals surface area contributed by atoms with Crippen molar-refractivity contribution in [1.29, 1.82) is 0 Å². The quantitative estimate of drug-likeness (QED) is 0.900. The van der Waals surface area contributed by atoms with Gasteiger partial charge in [0, 0.05) is 15.5 Å². The highest BCUT2D eigenvalue weighted by Gasteiger charge is 2.38. The Balaban J connectivity index is 3.20. The Labute approximate surface area is 107 Å². The first-order chi connectivity index (χ1) is 7.64. The molecule has 0 aliphatic rings. The van der Waals surface area contributed by atoms with Crippen molar-refractivity contribution in [2.75, 3.05) is 0 Å². The van der Waals surface area contributed by atoms with Crippen LogP contribution in [0.4, 0.5) is 0 Å². The molecule has 0 amide bonds. The average molecular weight is 254 g/mol. The minimum atomic E-state index is -1.15. The van der Waals surface area contributed by atoms with Gasteiger partial charge in [0.1, 0.15) is 0 Å². The fourth-order valence-electron chi connectivity index (χ4n) is 1.77. The summed E-state index contributed by atoms with van der Waals surface area (Å²) in [4.78, 5) is 0. The van der Waals surface area contributed by atoms with Crippen molar-refractivity contribution >= 4 is 10.8 Å². The summed E-state index contributed by atoms with van der Waals surface area (Å²) in [5, 5.41) is 9.90. The molecule has 0 spiro atoms. The zero-order valence-electron chi connectivity index (χ0n) is 11.2. The van der Waals surface area contributed by atoms with Crippen LogP contribution in [-0.4, -0.2) is 19.7 Å². The van der Waals surface area contributed by atoms with Gasteiger partial charge in [-0.1, -0.05) is 30.3 Å². The summed E-state index contributed by atoms with van der Waals surface area (Å²) in [6.45, 7) is 9.24. The van der Waals surface area contributed by atoms with Crippen molar-refractivity contribution in [2.45, 2.75) is 50.2 Å². The fraction of sp³-hybridized carbons (Fsp3) is 0.571. The van der Waals surface area contributed by atoms with Gasteiger partial charge in [-0.05, 0) is 40.2 Å². The molecule has 0 aliphatic carbocycles. The van der Waals surface area contributed by atoms with Crippen LogP contribution in [0.3, 0.4) is 0 Å². The van der Waals surface area contributed by atoms with Gasteiger partial charge in [0.05, 0.1) is 10.9 Å². The zero-order chi connectivity index (χ0) is 13.3. The van der Waals surface area contributed by atoms with E-state index in [2.05, 4.69) is 0 Å². The first kappa shape index (κ1) is 14.4. The summed E-state index contributed by atoms with van der Waals surface area (Å²) in [6, 6.07) is 9.59. The number of aliphatic hydroxyl groups is 1. The number of hydrogen-bond acceptors (Lipinski definition) is 2. The van der Waals surface area contributed by atoms with Gasteiger partial charge in [-0.25, -0.2) is 0 Å². The van der Waals surface area contributed by atoms with E-state index in [0.29, 0.717) is 0 Å². The molecule has 0 aromatic heterocycles. The molecule has 0 heterocycles. The summed E-state index contributed by atoms with van der Waals surface area (Å²) in [6.07, 6.45) is 0. The summed E-state index contributed by atoms with van der Waals surface area (Å²) in [5.74, 6) is 0. The second-order valence-electron chi connectivity index (χ2n) is 5.85. The topological polar surface area (TPSA) is 37.3 Å². The molecule has 17 heavy (non-hydrogen) atoms. The Morgan fingerprint density at radius 2 is 1.53 bits per heavy atom. The van der Waals surface area contributed by atoms with E-state index in [0.717, 1.165) is 5.56 Å². The monoisotopic (exact) mass is 254 g/mol. The van der Waals surface area contributed by atoms with Crippen LogP contribution in [0.2, 0.25) is 0 Å². The normalized spacial score (nSPS) is 16.6. The van der Waals surface area contributed by atoms with Gasteiger partial charge < -0.3 is 5.11 Å². The Morgan fingerprint density at radius 3 is 1.88 bits per heavy atom. The minimum Gasteiger partial charge on any atom is -0.389 e. The summed E-state index contributed by atoms with van der Waals surface area (Å²) in [5.41, 5.74) is -0.0762. The van der Waals surface area contributed by atoms with E-state index in [1.54, 1.807) is 13.8 Å². The Morgan fingerprint density at radius 1 is 1.06 bits per heavy atom. The molecule has 2 atom stereocenters. The Hall–Kier alpha value is -0.670. The van der Waals surface area contributed by atoms with Crippen LogP contribution >= 0.6 is 0 Å². The summed E-state index contributed by atoms with van der Waals surface area (Å²) < 4.78 is 12.2. The van der Waals surface area contributed by atoms with Crippen LogP contribution in [0.15, 0.2) is 30.3 Å². The maximum atomic E-state index is 12.6. The van der Waals surface area contributed by atoms with Crippen molar-refractivity contribution in [3.05, 3.63) is 35.9 Å². The van der Waals surface area contributed by atoms with Crippen LogP contribution in [0.5, 0.6) is 0 Å². The summed E-state index contributed by atoms with van der Waals surface area (Å²) in [7, 11) is -1.15. The first-order valence-electron chi connectivity index (χ1n) is 5.82. The van der Waals surface area contributed by atoms with Gasteiger partial charge in [-0.15, -0.1) is 0 Å². The maximum Gasteiger partial charge on any atom is 0.0884 e. The average Bonchev–Trinajstić information content (AvgIpc) is 2.15. The first-order valence-corrected chi connectivity index (χ1v) is 7.03. The third-order valence-corrected chi connectivity index (χ3v) is 5.05. The highest BCUT2D eigenvalue weighted by Crippen LogP contribution is 2.36. The van der Waals surface area contributed by atoms with E-state index in [1.807, 2.05) is 51.1 Å². The highest BCUT2D eigenvalue weighted by atomic mass is 32.2. The molecular weight excluding hydrogens is 232 g/mol. The van der Waals surface area contributed by atoms with Crippen LogP contribution < -0.4 is 0 Å². The summed E-state index contributed by atoms with van der Waals surface area (Å²) >= 11 is 0. The van der Waals surface area contributed by atoms with E-state index in [4.69, 9.17) is 0 Å². The molecule has 3 heteroatoms. The van der Waals surface area contributed by atoms with E-state index in [-0.39, 0.29) is 10.00 Å². The van der Waals surface area contributed by atoms with Crippen molar-refractivity contribution < 1.29 is 9.32 Å². The third-order valence-electron chi connectivity index (χ3n) is 2.56. The van der Waals surface area contributed by atoms with E-state index >= 15 is 0 Å². The molecule has 1 aromatic rings. The number of hydrogen-bond donors (Lipinski definition) is 1. The second kappa shape index (κ2) is 4.91.